The van der Waals surface area contributed by atoms with Gasteiger partial charge in [-0.2, -0.15) is 0 Å². The fourth-order valence-corrected chi connectivity index (χ4v) is 2.39. The van der Waals surface area contributed by atoms with Gasteiger partial charge in [-0.25, -0.2) is 0 Å². The molecule has 1 aromatic carbocycles. The van der Waals surface area contributed by atoms with Crippen LogP contribution >= 0.6 is 23.2 Å². The van der Waals surface area contributed by atoms with Gasteiger partial charge in [0.15, 0.2) is 0 Å². The lowest BCUT2D eigenvalue weighted by molar-refractivity contribution is -0.386. The molecule has 0 unspecified atom stereocenters. The molecule has 2 rings (SSSR count). The van der Waals surface area contributed by atoms with Crippen LogP contribution in [0.5, 0.6) is 0 Å². The minimum absolute atomic E-state index is 0.0963. The molecule has 0 aliphatic heterocycles. The van der Waals surface area contributed by atoms with E-state index in [1.165, 1.54) is 6.20 Å². The number of hydrogen-bond acceptors (Lipinski definition) is 4. The quantitative estimate of drug-likeness (QED) is 0.662. The van der Waals surface area contributed by atoms with Crippen LogP contribution in [0.1, 0.15) is 16.8 Å². The van der Waals surface area contributed by atoms with Crippen LogP contribution in [0.2, 0.25) is 10.0 Å². The molecule has 0 aliphatic carbocycles. The van der Waals surface area contributed by atoms with Crippen molar-refractivity contribution in [3.8, 4) is 0 Å². The molecule has 0 saturated carbocycles. The molecule has 0 atom stereocenters. The summed E-state index contributed by atoms with van der Waals surface area (Å²) in [7, 11) is 0. The van der Waals surface area contributed by atoms with Crippen LogP contribution in [0.25, 0.3) is 0 Å². The standard InChI is InChI=1S/C14H13Cl2N3O2/c1-8-6-17-13(9(2)14(8)19(20)21)7-18-12-5-10(15)3-4-11(12)16/h3-6,18H,7H2,1-2H3. The zero-order valence-electron chi connectivity index (χ0n) is 11.5. The lowest BCUT2D eigenvalue weighted by atomic mass is 10.1. The predicted octanol–water partition coefficient (Wildman–Crippen LogP) is 4.53. The monoisotopic (exact) mass is 325 g/mol. The highest BCUT2D eigenvalue weighted by atomic mass is 35.5. The Bertz CT molecular complexity index is 705. The van der Waals surface area contributed by atoms with Gasteiger partial charge in [-0.1, -0.05) is 23.2 Å². The molecule has 7 heteroatoms. The first kappa shape index (κ1) is 15.5. The molecule has 5 nitrogen and oxygen atoms in total. The summed E-state index contributed by atoms with van der Waals surface area (Å²) in [6, 6.07) is 5.07. The average molecular weight is 326 g/mol. The van der Waals surface area contributed by atoms with Gasteiger partial charge in [-0.3, -0.25) is 15.1 Å². The van der Waals surface area contributed by atoms with E-state index in [0.29, 0.717) is 39.1 Å². The number of benzene rings is 1. The summed E-state index contributed by atoms with van der Waals surface area (Å²) >= 11 is 12.0. The molecule has 21 heavy (non-hydrogen) atoms. The van der Waals surface area contributed by atoms with Crippen molar-refractivity contribution in [1.29, 1.82) is 0 Å². The van der Waals surface area contributed by atoms with Crippen molar-refractivity contribution < 1.29 is 4.92 Å². The largest absolute Gasteiger partial charge is 0.378 e. The van der Waals surface area contributed by atoms with Crippen molar-refractivity contribution in [2.45, 2.75) is 20.4 Å². The van der Waals surface area contributed by atoms with Gasteiger partial charge in [-0.05, 0) is 32.0 Å². The smallest absolute Gasteiger partial charge is 0.278 e. The van der Waals surface area contributed by atoms with Crippen LogP contribution in [0.3, 0.4) is 0 Å². The van der Waals surface area contributed by atoms with E-state index >= 15 is 0 Å². The van der Waals surface area contributed by atoms with Crippen LogP contribution in [0, 0.1) is 24.0 Å². The summed E-state index contributed by atoms with van der Waals surface area (Å²) < 4.78 is 0. The zero-order valence-corrected chi connectivity index (χ0v) is 13.0. The Morgan fingerprint density at radius 2 is 2.05 bits per heavy atom. The summed E-state index contributed by atoms with van der Waals surface area (Å²) in [5.74, 6) is 0. The van der Waals surface area contributed by atoms with Crippen molar-refractivity contribution in [1.82, 2.24) is 4.98 Å². The maximum atomic E-state index is 11.1. The molecule has 0 aliphatic rings. The summed E-state index contributed by atoms with van der Waals surface area (Å²) in [6.07, 6.45) is 1.50. The predicted molar refractivity (Wildman–Crippen MR) is 84.2 cm³/mol. The van der Waals surface area contributed by atoms with Crippen molar-refractivity contribution in [2.24, 2.45) is 0 Å². The van der Waals surface area contributed by atoms with Crippen LogP contribution in [-0.2, 0) is 6.54 Å². The molecule has 0 saturated heterocycles. The normalized spacial score (nSPS) is 10.5. The Kier molecular flexibility index (Phi) is 4.65. The van der Waals surface area contributed by atoms with E-state index < -0.39 is 0 Å². The number of aromatic nitrogens is 1. The molecule has 0 radical (unpaired) electrons. The fraction of sp³-hybridized carbons (Fsp3) is 0.214. The SMILES string of the molecule is Cc1cnc(CNc2cc(Cl)ccc2Cl)c(C)c1[N+](=O)[O-]. The van der Waals surface area contributed by atoms with Gasteiger partial charge in [-0.15, -0.1) is 0 Å². The topological polar surface area (TPSA) is 68.1 Å². The van der Waals surface area contributed by atoms with Gasteiger partial charge >= 0.3 is 0 Å². The minimum atomic E-state index is -0.387. The third-order valence-corrected chi connectivity index (χ3v) is 3.70. The molecular weight excluding hydrogens is 313 g/mol. The lowest BCUT2D eigenvalue weighted by Crippen LogP contribution is -2.07. The highest BCUT2D eigenvalue weighted by Crippen LogP contribution is 2.28. The van der Waals surface area contributed by atoms with Gasteiger partial charge in [0.1, 0.15) is 0 Å². The van der Waals surface area contributed by atoms with Crippen molar-refractivity contribution in [3.05, 3.63) is 61.4 Å². The van der Waals surface area contributed by atoms with Crippen molar-refractivity contribution in [2.75, 3.05) is 5.32 Å². The second kappa shape index (κ2) is 6.28. The third kappa shape index (κ3) is 3.43. The zero-order chi connectivity index (χ0) is 15.6. The van der Waals surface area contributed by atoms with Crippen molar-refractivity contribution in [3.63, 3.8) is 0 Å². The Labute approximate surface area is 132 Å². The number of aryl methyl sites for hydroxylation is 1. The summed E-state index contributed by atoms with van der Waals surface area (Å²) in [5.41, 5.74) is 2.45. The Balaban J connectivity index is 2.27. The number of nitrogens with one attached hydrogen (secondary N) is 1. The number of pyridine rings is 1. The molecule has 2 aromatic rings. The van der Waals surface area contributed by atoms with Gasteiger partial charge in [0.05, 0.1) is 33.4 Å². The Morgan fingerprint density at radius 3 is 2.71 bits per heavy atom. The maximum absolute atomic E-state index is 11.1. The molecule has 0 spiro atoms. The lowest BCUT2D eigenvalue weighted by Gasteiger charge is -2.11. The van der Waals surface area contributed by atoms with Gasteiger partial charge in [0.25, 0.3) is 5.69 Å². The fourth-order valence-electron chi connectivity index (χ4n) is 2.04. The summed E-state index contributed by atoms with van der Waals surface area (Å²) in [6.45, 7) is 3.69. The molecule has 1 aromatic heterocycles. The minimum Gasteiger partial charge on any atom is -0.378 e. The first-order chi connectivity index (χ1) is 9.90. The number of nitro groups is 1. The summed E-state index contributed by atoms with van der Waals surface area (Å²) in [4.78, 5) is 14.9. The first-order valence-electron chi connectivity index (χ1n) is 6.18. The second-order valence-electron chi connectivity index (χ2n) is 4.60. The molecule has 1 heterocycles. The molecule has 0 amide bonds. The van der Waals surface area contributed by atoms with Gasteiger partial charge in [0.2, 0.25) is 0 Å². The van der Waals surface area contributed by atoms with E-state index in [1.54, 1.807) is 32.0 Å². The number of hydrogen-bond donors (Lipinski definition) is 1. The van der Waals surface area contributed by atoms with E-state index in [4.69, 9.17) is 23.2 Å². The first-order valence-corrected chi connectivity index (χ1v) is 6.94. The second-order valence-corrected chi connectivity index (χ2v) is 5.44. The third-order valence-electron chi connectivity index (χ3n) is 3.13. The molecule has 0 fully saturated rings. The van der Waals surface area contributed by atoms with Crippen LogP contribution < -0.4 is 5.32 Å². The maximum Gasteiger partial charge on any atom is 0.278 e. The van der Waals surface area contributed by atoms with E-state index in [2.05, 4.69) is 10.3 Å². The molecule has 1 N–H and O–H groups in total. The molecular formula is C14H13Cl2N3O2. The number of nitrogens with zero attached hydrogens (tertiary/aromatic N) is 2. The number of rotatable bonds is 4. The van der Waals surface area contributed by atoms with Gasteiger partial charge < -0.3 is 5.32 Å². The van der Waals surface area contributed by atoms with E-state index in [9.17, 15) is 10.1 Å². The van der Waals surface area contributed by atoms with Crippen LogP contribution in [-0.4, -0.2) is 9.91 Å². The highest BCUT2D eigenvalue weighted by Gasteiger charge is 2.18. The number of anilines is 1. The van der Waals surface area contributed by atoms with E-state index in [0.717, 1.165) is 0 Å². The number of halogens is 2. The Morgan fingerprint density at radius 1 is 1.33 bits per heavy atom. The highest BCUT2D eigenvalue weighted by molar-refractivity contribution is 6.35. The van der Waals surface area contributed by atoms with Gasteiger partial charge in [0, 0.05) is 16.8 Å². The average Bonchev–Trinajstić information content (AvgIpc) is 2.41. The van der Waals surface area contributed by atoms with E-state index in [-0.39, 0.29) is 10.6 Å². The summed E-state index contributed by atoms with van der Waals surface area (Å²) in [5, 5.41) is 15.3. The Hall–Kier alpha value is -1.85. The van der Waals surface area contributed by atoms with Crippen molar-refractivity contribution >= 4 is 34.6 Å². The van der Waals surface area contributed by atoms with E-state index in [1.807, 2.05) is 0 Å². The van der Waals surface area contributed by atoms with Crippen LogP contribution in [0.15, 0.2) is 24.4 Å². The molecule has 0 bridgehead atoms. The molecule has 110 valence electrons. The van der Waals surface area contributed by atoms with Crippen LogP contribution in [0.4, 0.5) is 11.4 Å².